The van der Waals surface area contributed by atoms with Crippen LogP contribution >= 0.6 is 0 Å². The predicted octanol–water partition coefficient (Wildman–Crippen LogP) is 1.26. The quantitative estimate of drug-likeness (QED) is 0.288. The zero-order valence-corrected chi connectivity index (χ0v) is 22.8. The summed E-state index contributed by atoms with van der Waals surface area (Å²) in [6.45, 7) is 5.28. The first-order chi connectivity index (χ1) is 18.2. The third-order valence-corrected chi connectivity index (χ3v) is 8.13. The average molecular weight is 541 g/mol. The molecule has 11 heteroatoms. The number of hydrogen-bond acceptors (Lipinski definition) is 10. The molecule has 0 aromatic heterocycles. The molecule has 0 heterocycles. The van der Waals surface area contributed by atoms with E-state index in [9.17, 15) is 34.2 Å². The first-order valence-corrected chi connectivity index (χ1v) is 12.5. The molecule has 1 saturated carbocycles. The van der Waals surface area contributed by atoms with E-state index >= 15 is 0 Å². The summed E-state index contributed by atoms with van der Waals surface area (Å²) in [4.78, 5) is 67.1. The first-order valence-electron chi connectivity index (χ1n) is 12.5. The zero-order valence-electron chi connectivity index (χ0n) is 22.8. The van der Waals surface area contributed by atoms with Gasteiger partial charge < -0.3 is 19.7 Å². The number of benzene rings is 1. The third kappa shape index (κ3) is 3.99. The van der Waals surface area contributed by atoms with Crippen LogP contribution < -0.4 is 10.1 Å². The van der Waals surface area contributed by atoms with E-state index in [4.69, 9.17) is 9.47 Å². The highest BCUT2D eigenvalue weighted by molar-refractivity contribution is 6.32. The second-order valence-corrected chi connectivity index (χ2v) is 10.6. The maximum absolute atomic E-state index is 14.4. The Morgan fingerprint density at radius 3 is 2.28 bits per heavy atom. The van der Waals surface area contributed by atoms with Gasteiger partial charge in [0.25, 0.3) is 5.91 Å². The van der Waals surface area contributed by atoms with Gasteiger partial charge in [-0.1, -0.05) is 19.1 Å². The van der Waals surface area contributed by atoms with Crippen molar-refractivity contribution in [3.05, 3.63) is 46.2 Å². The number of nitrogens with zero attached hydrogens (tertiary/aromatic N) is 1. The fourth-order valence-electron chi connectivity index (χ4n) is 6.51. The molecule has 1 aromatic rings. The minimum atomic E-state index is -2.06. The Hall–Kier alpha value is -3.83. The summed E-state index contributed by atoms with van der Waals surface area (Å²) < 4.78 is 10.8. The van der Waals surface area contributed by atoms with Gasteiger partial charge in [-0.15, -0.1) is 0 Å². The number of ether oxygens (including phenoxy) is 2. The molecule has 11 nitrogen and oxygen atoms in total. The number of aliphatic hydroxyl groups is 2. The summed E-state index contributed by atoms with van der Waals surface area (Å²) in [6.07, 6.45) is -1.39. The van der Waals surface area contributed by atoms with Crippen molar-refractivity contribution < 1.29 is 43.7 Å². The van der Waals surface area contributed by atoms with Gasteiger partial charge in [-0.05, 0) is 38.6 Å². The SMILES string of the molecule is COc1cccc2c1C(O)=C1C(=O)[C@]3(C)C(=O)C(C(=O)NC(C)=O)=C(OC(C)=O)[C@@H](N(C)C)[C@@H]3[C@@H](O)[C@@H]1[C@H]2C. The van der Waals surface area contributed by atoms with Gasteiger partial charge in [-0.3, -0.25) is 34.2 Å². The van der Waals surface area contributed by atoms with E-state index in [1.807, 2.05) is 5.32 Å². The number of hydrogen-bond donors (Lipinski definition) is 3. The number of carbonyl (C=O) groups excluding carboxylic acids is 5. The summed E-state index contributed by atoms with van der Waals surface area (Å²) in [7, 11) is 4.61. The molecule has 39 heavy (non-hydrogen) atoms. The van der Waals surface area contributed by atoms with Crippen LogP contribution in [0.3, 0.4) is 0 Å². The number of rotatable bonds is 4. The molecule has 3 aliphatic rings. The van der Waals surface area contributed by atoms with E-state index in [1.54, 1.807) is 44.1 Å². The molecule has 0 saturated heterocycles. The van der Waals surface area contributed by atoms with E-state index in [1.165, 1.54) is 14.0 Å². The van der Waals surface area contributed by atoms with Crippen LogP contribution in [0.15, 0.2) is 35.1 Å². The minimum Gasteiger partial charge on any atom is -0.507 e. The molecular weight excluding hydrogens is 508 g/mol. The average Bonchev–Trinajstić information content (AvgIpc) is 2.84. The molecule has 4 rings (SSSR count). The second kappa shape index (κ2) is 9.73. The third-order valence-electron chi connectivity index (χ3n) is 8.13. The summed E-state index contributed by atoms with van der Waals surface area (Å²) >= 11 is 0. The van der Waals surface area contributed by atoms with Crippen LogP contribution in [0.5, 0.6) is 5.75 Å². The van der Waals surface area contributed by atoms with Gasteiger partial charge in [0.05, 0.1) is 24.8 Å². The monoisotopic (exact) mass is 540 g/mol. The predicted molar refractivity (Wildman–Crippen MR) is 137 cm³/mol. The topological polar surface area (TPSA) is 160 Å². The van der Waals surface area contributed by atoms with Crippen molar-refractivity contribution in [2.75, 3.05) is 21.2 Å². The molecule has 6 atom stereocenters. The van der Waals surface area contributed by atoms with Crippen molar-refractivity contribution in [1.29, 1.82) is 0 Å². The van der Waals surface area contributed by atoms with Crippen molar-refractivity contribution in [2.45, 2.75) is 45.8 Å². The summed E-state index contributed by atoms with van der Waals surface area (Å²) in [6, 6.07) is 4.04. The van der Waals surface area contributed by atoms with Crippen LogP contribution in [-0.4, -0.2) is 77.8 Å². The Labute approximate surface area is 225 Å². The highest BCUT2D eigenvalue weighted by Crippen LogP contribution is 2.58. The number of amides is 2. The number of nitrogens with one attached hydrogen (secondary N) is 1. The summed E-state index contributed by atoms with van der Waals surface area (Å²) in [5.74, 6) is -7.55. The van der Waals surface area contributed by atoms with Crippen molar-refractivity contribution in [1.82, 2.24) is 10.2 Å². The molecular formula is C28H32N2O9. The van der Waals surface area contributed by atoms with Gasteiger partial charge in [0, 0.05) is 31.3 Å². The van der Waals surface area contributed by atoms with Gasteiger partial charge in [0.1, 0.15) is 28.3 Å². The summed E-state index contributed by atoms with van der Waals surface area (Å²) in [5.41, 5.74) is -1.92. The zero-order chi connectivity index (χ0) is 29.1. The van der Waals surface area contributed by atoms with Crippen LogP contribution in [-0.2, 0) is 28.7 Å². The Kier molecular flexibility index (Phi) is 7.03. The molecule has 0 bridgehead atoms. The van der Waals surface area contributed by atoms with E-state index in [0.29, 0.717) is 16.9 Å². The van der Waals surface area contributed by atoms with Gasteiger partial charge in [0.15, 0.2) is 11.6 Å². The molecule has 1 fully saturated rings. The van der Waals surface area contributed by atoms with Gasteiger partial charge >= 0.3 is 5.97 Å². The lowest BCUT2D eigenvalue weighted by Gasteiger charge is -2.55. The Bertz CT molecular complexity index is 1370. The molecule has 3 aliphatic carbocycles. The Balaban J connectivity index is 2.05. The van der Waals surface area contributed by atoms with Gasteiger partial charge in [-0.25, -0.2) is 0 Å². The summed E-state index contributed by atoms with van der Waals surface area (Å²) in [5, 5.41) is 25.4. The normalized spacial score (nSPS) is 29.9. The van der Waals surface area contributed by atoms with Crippen LogP contribution in [0.2, 0.25) is 0 Å². The number of imide groups is 1. The van der Waals surface area contributed by atoms with Crippen LogP contribution in [0.1, 0.15) is 44.7 Å². The number of likely N-dealkylation sites (N-methyl/N-ethyl adjacent to an activating group) is 1. The standard InChI is InChI=1S/C28H32N2O9/c1-11-14-9-8-10-15(38-7)17(14)22(33)18-16(11)23(34)20-21(30(5)6)24(39-13(3)32)19(27(37)29-12(2)31)26(36)28(20,4)25(18)35/h8-11,16,20-21,23,33-34H,1-7H3,(H,29,31,37)/t11-,16+,20+,21-,23-,28+/m0/s1. The highest BCUT2D eigenvalue weighted by Gasteiger charge is 2.67. The number of Topliss-reactive ketones (excluding diaryl/α,β-unsaturated/α-hetero) is 2. The van der Waals surface area contributed by atoms with E-state index < -0.39 is 76.0 Å². The maximum Gasteiger partial charge on any atom is 0.307 e. The van der Waals surface area contributed by atoms with Crippen molar-refractivity contribution in [2.24, 2.45) is 17.3 Å². The number of ketones is 2. The number of carbonyl (C=O) groups is 5. The fraction of sp³-hybridized carbons (Fsp3) is 0.464. The van der Waals surface area contributed by atoms with E-state index in [0.717, 1.165) is 13.8 Å². The number of methoxy groups -OCH3 is 1. The Morgan fingerprint density at radius 1 is 1.10 bits per heavy atom. The number of esters is 1. The van der Waals surface area contributed by atoms with Crippen LogP contribution in [0.25, 0.3) is 5.76 Å². The second-order valence-electron chi connectivity index (χ2n) is 10.6. The van der Waals surface area contributed by atoms with Gasteiger partial charge in [0.2, 0.25) is 5.91 Å². The molecule has 208 valence electrons. The molecule has 2 amide bonds. The minimum absolute atomic E-state index is 0.140. The first kappa shape index (κ1) is 28.2. The smallest absolute Gasteiger partial charge is 0.307 e. The lowest BCUT2D eigenvalue weighted by Crippen LogP contribution is -2.67. The van der Waals surface area contributed by atoms with E-state index in [-0.39, 0.29) is 11.3 Å². The van der Waals surface area contributed by atoms with Crippen molar-refractivity contribution in [3.63, 3.8) is 0 Å². The van der Waals surface area contributed by atoms with Crippen LogP contribution in [0.4, 0.5) is 0 Å². The maximum atomic E-state index is 14.4. The fourth-order valence-corrected chi connectivity index (χ4v) is 6.51. The van der Waals surface area contributed by atoms with Gasteiger partial charge in [-0.2, -0.15) is 0 Å². The molecule has 0 aliphatic heterocycles. The Morgan fingerprint density at radius 2 is 1.74 bits per heavy atom. The molecule has 3 N–H and O–H groups in total. The lowest BCUT2D eigenvalue weighted by molar-refractivity contribution is -0.158. The molecule has 1 aromatic carbocycles. The molecule has 0 unspecified atom stereocenters. The van der Waals surface area contributed by atoms with Crippen molar-refractivity contribution in [3.8, 4) is 5.75 Å². The van der Waals surface area contributed by atoms with Crippen LogP contribution in [0, 0.1) is 17.3 Å². The lowest BCUT2D eigenvalue weighted by atomic mass is 9.49. The highest BCUT2D eigenvalue weighted by atomic mass is 16.5. The number of fused-ring (bicyclic) bond motifs is 3. The van der Waals surface area contributed by atoms with E-state index in [2.05, 4.69) is 0 Å². The largest absolute Gasteiger partial charge is 0.507 e. The molecule has 0 radical (unpaired) electrons. The van der Waals surface area contributed by atoms with Crippen molar-refractivity contribution >= 4 is 35.1 Å². The number of aliphatic hydroxyl groups excluding tert-OH is 2. The molecule has 0 spiro atoms.